The van der Waals surface area contributed by atoms with Gasteiger partial charge in [0, 0.05) is 18.3 Å². The minimum atomic E-state index is -0.596. The number of allylic oxidation sites excluding steroid dienone is 1. The zero-order chi connectivity index (χ0) is 14.7. The minimum absolute atomic E-state index is 0.0752. The molecule has 1 aliphatic rings. The molecule has 1 saturated heterocycles. The van der Waals surface area contributed by atoms with Crippen molar-refractivity contribution >= 4 is 7.32 Å². The SMILES string of the molecule is C=C(CCC)NCC1(C)OB(OC(C)C)OC1(C)C. The van der Waals surface area contributed by atoms with E-state index in [-0.39, 0.29) is 6.10 Å². The maximum atomic E-state index is 5.96. The molecule has 0 aromatic rings. The summed E-state index contributed by atoms with van der Waals surface area (Å²) in [5.74, 6) is 0. The summed E-state index contributed by atoms with van der Waals surface area (Å²) in [6.45, 7) is 16.9. The van der Waals surface area contributed by atoms with Crippen LogP contribution in [-0.2, 0) is 14.0 Å². The van der Waals surface area contributed by atoms with Crippen LogP contribution < -0.4 is 5.32 Å². The lowest BCUT2D eigenvalue weighted by Gasteiger charge is -2.36. The van der Waals surface area contributed by atoms with Crippen LogP contribution in [0.15, 0.2) is 12.3 Å². The van der Waals surface area contributed by atoms with Crippen LogP contribution in [0.4, 0.5) is 0 Å². The maximum Gasteiger partial charge on any atom is 0.640 e. The number of rotatable bonds is 7. The molecule has 1 atom stereocenters. The van der Waals surface area contributed by atoms with Crippen LogP contribution in [0.3, 0.4) is 0 Å². The Labute approximate surface area is 118 Å². The van der Waals surface area contributed by atoms with Crippen LogP contribution >= 0.6 is 0 Å². The standard InChI is InChI=1S/C14H28BNO3/c1-8-9-12(4)16-10-14(7)13(5,6)18-15(19-14)17-11(2)3/h11,16H,4,8-10H2,1-3,5-7H3. The predicted octanol–water partition coefficient (Wildman–Crippen LogP) is 2.88. The molecule has 1 heterocycles. The highest BCUT2D eigenvalue weighted by molar-refractivity contribution is 6.37. The summed E-state index contributed by atoms with van der Waals surface area (Å²) in [5.41, 5.74) is 0.186. The Hall–Kier alpha value is -0.515. The lowest BCUT2D eigenvalue weighted by atomic mass is 9.87. The van der Waals surface area contributed by atoms with E-state index in [1.165, 1.54) is 0 Å². The first-order valence-electron chi connectivity index (χ1n) is 7.13. The third kappa shape index (κ3) is 4.23. The van der Waals surface area contributed by atoms with Crippen molar-refractivity contribution in [3.8, 4) is 0 Å². The molecule has 19 heavy (non-hydrogen) atoms. The van der Waals surface area contributed by atoms with E-state index in [0.717, 1.165) is 18.5 Å². The Kier molecular flexibility index (Phi) is 5.48. The van der Waals surface area contributed by atoms with Gasteiger partial charge in [-0.05, 0) is 41.0 Å². The van der Waals surface area contributed by atoms with Gasteiger partial charge in [-0.15, -0.1) is 0 Å². The van der Waals surface area contributed by atoms with Gasteiger partial charge in [0.2, 0.25) is 0 Å². The molecular weight excluding hydrogens is 241 g/mol. The van der Waals surface area contributed by atoms with Crippen LogP contribution in [0.25, 0.3) is 0 Å². The van der Waals surface area contributed by atoms with E-state index in [1.807, 2.05) is 34.6 Å². The Morgan fingerprint density at radius 1 is 1.32 bits per heavy atom. The molecule has 0 bridgehead atoms. The van der Waals surface area contributed by atoms with Crippen molar-refractivity contribution in [1.82, 2.24) is 5.32 Å². The van der Waals surface area contributed by atoms with Crippen molar-refractivity contribution in [2.24, 2.45) is 0 Å². The summed E-state index contributed by atoms with van der Waals surface area (Å²) in [5, 5.41) is 3.34. The molecule has 1 aliphatic heterocycles. The average Bonchev–Trinajstić information content (AvgIpc) is 2.46. The van der Waals surface area contributed by atoms with E-state index in [1.54, 1.807) is 0 Å². The molecule has 0 aromatic heterocycles. The summed E-state index contributed by atoms with van der Waals surface area (Å²) >= 11 is 0. The Balaban J connectivity index is 2.60. The smallest absolute Gasteiger partial charge is 0.386 e. The summed E-state index contributed by atoms with van der Waals surface area (Å²) < 4.78 is 17.4. The largest absolute Gasteiger partial charge is 0.640 e. The van der Waals surface area contributed by atoms with Crippen LogP contribution in [0.2, 0.25) is 0 Å². The Morgan fingerprint density at radius 2 is 1.95 bits per heavy atom. The molecule has 0 saturated carbocycles. The highest BCUT2D eigenvalue weighted by Crippen LogP contribution is 2.37. The number of nitrogens with one attached hydrogen (secondary N) is 1. The van der Waals surface area contributed by atoms with Crippen molar-refractivity contribution in [3.05, 3.63) is 12.3 Å². The summed E-state index contributed by atoms with van der Waals surface area (Å²) in [7, 11) is -0.596. The highest BCUT2D eigenvalue weighted by atomic mass is 16.8. The molecule has 0 aromatic carbocycles. The van der Waals surface area contributed by atoms with Crippen LogP contribution in [0.1, 0.15) is 54.4 Å². The third-order valence-electron chi connectivity index (χ3n) is 3.63. The number of hydrogen-bond acceptors (Lipinski definition) is 4. The molecule has 5 heteroatoms. The molecular formula is C14H28BNO3. The van der Waals surface area contributed by atoms with Gasteiger partial charge < -0.3 is 19.3 Å². The van der Waals surface area contributed by atoms with E-state index >= 15 is 0 Å². The van der Waals surface area contributed by atoms with Crippen LogP contribution in [-0.4, -0.2) is 31.2 Å². The first-order valence-corrected chi connectivity index (χ1v) is 7.13. The zero-order valence-electron chi connectivity index (χ0n) is 13.2. The molecule has 1 fully saturated rings. The predicted molar refractivity (Wildman–Crippen MR) is 78.7 cm³/mol. The fourth-order valence-electron chi connectivity index (χ4n) is 1.96. The molecule has 1 N–H and O–H groups in total. The second kappa shape index (κ2) is 6.29. The van der Waals surface area contributed by atoms with Crippen molar-refractivity contribution < 1.29 is 14.0 Å². The van der Waals surface area contributed by atoms with Crippen molar-refractivity contribution in [3.63, 3.8) is 0 Å². The first kappa shape index (κ1) is 16.5. The Morgan fingerprint density at radius 3 is 2.47 bits per heavy atom. The van der Waals surface area contributed by atoms with Gasteiger partial charge in [0.1, 0.15) is 0 Å². The van der Waals surface area contributed by atoms with Crippen LogP contribution in [0, 0.1) is 0 Å². The maximum absolute atomic E-state index is 5.96. The van der Waals surface area contributed by atoms with E-state index in [2.05, 4.69) is 18.8 Å². The van der Waals surface area contributed by atoms with Gasteiger partial charge in [-0.2, -0.15) is 0 Å². The second-order valence-corrected chi connectivity index (χ2v) is 6.16. The molecule has 0 spiro atoms. The highest BCUT2D eigenvalue weighted by Gasteiger charge is 2.55. The molecule has 1 rings (SSSR count). The van der Waals surface area contributed by atoms with Gasteiger partial charge >= 0.3 is 7.32 Å². The summed E-state index contributed by atoms with van der Waals surface area (Å²) in [6.07, 6.45) is 2.14. The second-order valence-electron chi connectivity index (χ2n) is 6.16. The van der Waals surface area contributed by atoms with Gasteiger partial charge in [0.25, 0.3) is 0 Å². The molecule has 0 aliphatic carbocycles. The van der Waals surface area contributed by atoms with Gasteiger partial charge in [-0.3, -0.25) is 0 Å². The van der Waals surface area contributed by atoms with Gasteiger partial charge in [-0.25, -0.2) is 0 Å². The molecule has 0 amide bonds. The summed E-state index contributed by atoms with van der Waals surface area (Å²) in [6, 6.07) is 0. The number of hydrogen-bond donors (Lipinski definition) is 1. The molecule has 4 nitrogen and oxygen atoms in total. The topological polar surface area (TPSA) is 39.7 Å². The van der Waals surface area contributed by atoms with Crippen molar-refractivity contribution in [2.45, 2.75) is 71.7 Å². The monoisotopic (exact) mass is 269 g/mol. The molecule has 110 valence electrons. The van der Waals surface area contributed by atoms with Crippen molar-refractivity contribution in [2.75, 3.05) is 6.54 Å². The average molecular weight is 269 g/mol. The first-order chi connectivity index (χ1) is 8.70. The minimum Gasteiger partial charge on any atom is -0.386 e. The van der Waals surface area contributed by atoms with Gasteiger partial charge in [0.05, 0.1) is 11.2 Å². The van der Waals surface area contributed by atoms with Gasteiger partial charge in [-0.1, -0.05) is 19.9 Å². The fraction of sp³-hybridized carbons (Fsp3) is 0.857. The molecule has 0 radical (unpaired) electrons. The Bertz CT molecular complexity index is 320. The van der Waals surface area contributed by atoms with E-state index in [4.69, 9.17) is 14.0 Å². The lowest BCUT2D eigenvalue weighted by Crippen LogP contribution is -2.51. The normalized spacial score (nSPS) is 25.9. The molecule has 1 unspecified atom stereocenters. The lowest BCUT2D eigenvalue weighted by molar-refractivity contribution is -0.00668. The van der Waals surface area contributed by atoms with E-state index in [9.17, 15) is 0 Å². The van der Waals surface area contributed by atoms with Crippen LogP contribution in [0.5, 0.6) is 0 Å². The van der Waals surface area contributed by atoms with Gasteiger partial charge in [0.15, 0.2) is 0 Å². The third-order valence-corrected chi connectivity index (χ3v) is 3.63. The fourth-order valence-corrected chi connectivity index (χ4v) is 1.96. The van der Waals surface area contributed by atoms with Crippen molar-refractivity contribution in [1.29, 1.82) is 0 Å². The zero-order valence-corrected chi connectivity index (χ0v) is 13.2. The quantitative estimate of drug-likeness (QED) is 0.721. The van der Waals surface area contributed by atoms with E-state index in [0.29, 0.717) is 6.54 Å². The van der Waals surface area contributed by atoms with E-state index < -0.39 is 18.5 Å². The summed E-state index contributed by atoms with van der Waals surface area (Å²) in [4.78, 5) is 0.